The number of nitrogens with two attached hydrogens (primary N) is 1. The second-order valence-corrected chi connectivity index (χ2v) is 12.8. The summed E-state index contributed by atoms with van der Waals surface area (Å²) < 4.78 is 12.7. The van der Waals surface area contributed by atoms with Gasteiger partial charge in [0, 0.05) is 72.2 Å². The van der Waals surface area contributed by atoms with E-state index in [-0.39, 0.29) is 30.1 Å². The topological polar surface area (TPSA) is 124 Å². The predicted octanol–water partition coefficient (Wildman–Crippen LogP) is 3.49. The second-order valence-electron chi connectivity index (χ2n) is 12.4. The minimum absolute atomic E-state index is 0.0675. The molecule has 0 spiro atoms. The number of aromatic nitrogens is 1. The van der Waals surface area contributed by atoms with Gasteiger partial charge in [-0.25, -0.2) is 9.98 Å². The maximum absolute atomic E-state index is 14.4. The van der Waals surface area contributed by atoms with Crippen LogP contribution in [0.4, 0.5) is 0 Å². The van der Waals surface area contributed by atoms with Crippen LogP contribution in [0, 0.1) is 0 Å². The Bertz CT molecular complexity index is 1770. The Kier molecular flexibility index (Phi) is 10.1. The summed E-state index contributed by atoms with van der Waals surface area (Å²) in [6.07, 6.45) is 10.00. The fourth-order valence-electron chi connectivity index (χ4n) is 6.47. The molecule has 1 aromatic carbocycles. The van der Waals surface area contributed by atoms with E-state index in [1.54, 1.807) is 4.90 Å². The third-order valence-corrected chi connectivity index (χ3v) is 9.39. The molecule has 1 unspecified atom stereocenters. The minimum Gasteiger partial charge on any atom is -0.476 e. The fourth-order valence-corrected chi connectivity index (χ4v) is 6.76. The molecule has 2 fully saturated rings. The average Bonchev–Trinajstić information content (AvgIpc) is 3.04. The van der Waals surface area contributed by atoms with Gasteiger partial charge in [-0.15, -0.1) is 0 Å². The van der Waals surface area contributed by atoms with Crippen molar-refractivity contribution in [2.24, 2.45) is 15.7 Å². The fraction of sp³-hybridized carbons (Fsp3) is 0.486. The van der Waals surface area contributed by atoms with E-state index in [1.807, 2.05) is 31.2 Å². The summed E-state index contributed by atoms with van der Waals surface area (Å²) >= 11 is 6.95. The molecule has 2 saturated heterocycles. The van der Waals surface area contributed by atoms with Crippen LogP contribution in [-0.2, 0) is 20.8 Å². The summed E-state index contributed by atoms with van der Waals surface area (Å²) in [7, 11) is 0. The number of ether oxygens (including phenoxy) is 2. The molecule has 3 N–H and O–H groups in total. The molecular formula is C35H43ClN6O4. The largest absolute Gasteiger partial charge is 0.476 e. The Balaban J connectivity index is 1.45. The number of aliphatic imine (C=N–C) groups is 1. The Morgan fingerprint density at radius 3 is 2.67 bits per heavy atom. The molecular weight excluding hydrogens is 604 g/mol. The van der Waals surface area contributed by atoms with Crippen LogP contribution in [0.5, 0.6) is 0 Å². The van der Waals surface area contributed by atoms with Gasteiger partial charge >= 0.3 is 0 Å². The number of benzene rings is 1. The summed E-state index contributed by atoms with van der Waals surface area (Å²) in [6.45, 7) is 6.77. The highest BCUT2D eigenvalue weighted by atomic mass is 35.5. The molecule has 5 heterocycles. The Labute approximate surface area is 274 Å². The van der Waals surface area contributed by atoms with Crippen molar-refractivity contribution in [1.29, 1.82) is 0 Å². The van der Waals surface area contributed by atoms with E-state index in [0.29, 0.717) is 66.3 Å². The summed E-state index contributed by atoms with van der Waals surface area (Å²) in [5, 5.41) is 4.79. The lowest BCUT2D eigenvalue weighted by atomic mass is 10.00. The van der Waals surface area contributed by atoms with Crippen LogP contribution in [-0.4, -0.2) is 66.3 Å². The molecule has 0 saturated carbocycles. The molecule has 10 nitrogen and oxygen atoms in total. The van der Waals surface area contributed by atoms with Gasteiger partial charge in [-0.3, -0.25) is 14.2 Å². The Hall–Kier alpha value is -3.73. The van der Waals surface area contributed by atoms with Gasteiger partial charge in [-0.05, 0) is 68.7 Å². The zero-order valence-electron chi connectivity index (χ0n) is 26.7. The van der Waals surface area contributed by atoms with Crippen LogP contribution in [0.3, 0.4) is 0 Å². The van der Waals surface area contributed by atoms with Crippen LogP contribution < -0.4 is 27.3 Å². The summed E-state index contributed by atoms with van der Waals surface area (Å²) in [6, 6.07) is 7.71. The molecule has 1 amide bonds. The van der Waals surface area contributed by atoms with E-state index < -0.39 is 0 Å². The lowest BCUT2D eigenvalue weighted by molar-refractivity contribution is -0.133. The lowest BCUT2D eigenvalue weighted by Gasteiger charge is -2.31. The lowest BCUT2D eigenvalue weighted by Crippen LogP contribution is -2.51. The van der Waals surface area contributed by atoms with Gasteiger partial charge in [0.2, 0.25) is 5.91 Å². The van der Waals surface area contributed by atoms with E-state index >= 15 is 0 Å². The molecule has 4 aliphatic heterocycles. The van der Waals surface area contributed by atoms with Crippen molar-refractivity contribution in [3.8, 4) is 11.1 Å². The van der Waals surface area contributed by atoms with E-state index in [1.165, 1.54) is 4.57 Å². The number of nitrogens with one attached hydrogen (secondary N) is 1. The number of carbonyl (C=O) groups is 1. The van der Waals surface area contributed by atoms with Gasteiger partial charge in [0.1, 0.15) is 24.5 Å². The van der Waals surface area contributed by atoms with Crippen molar-refractivity contribution in [3.05, 3.63) is 73.4 Å². The van der Waals surface area contributed by atoms with Crippen LogP contribution in [0.1, 0.15) is 64.4 Å². The molecule has 1 aromatic heterocycles. The SMILES string of the molecule is CCC1=C(c2ccc(-c3cc4c(n(CC(=O)N5CCCC(N)C5)c3=O)=NC(NC3CCOCC3)=CCCC=4)c(Cl)c2)N=C(C)OC1. The molecule has 6 rings (SSSR count). The number of likely N-dealkylation sites (tertiary alicyclic amines) is 1. The van der Waals surface area contributed by atoms with Crippen molar-refractivity contribution in [2.75, 3.05) is 32.9 Å². The van der Waals surface area contributed by atoms with Crippen LogP contribution >= 0.6 is 11.6 Å². The third-order valence-electron chi connectivity index (χ3n) is 9.08. The Morgan fingerprint density at radius 2 is 1.91 bits per heavy atom. The monoisotopic (exact) mass is 646 g/mol. The van der Waals surface area contributed by atoms with E-state index in [0.717, 1.165) is 67.0 Å². The first-order valence-corrected chi connectivity index (χ1v) is 16.8. The molecule has 2 aromatic rings. The van der Waals surface area contributed by atoms with Crippen molar-refractivity contribution >= 4 is 35.2 Å². The van der Waals surface area contributed by atoms with Crippen LogP contribution in [0.2, 0.25) is 5.02 Å². The van der Waals surface area contributed by atoms with Gasteiger partial charge in [0.05, 0.1) is 5.70 Å². The molecule has 244 valence electrons. The van der Waals surface area contributed by atoms with Crippen molar-refractivity contribution < 1.29 is 14.3 Å². The highest BCUT2D eigenvalue weighted by molar-refractivity contribution is 6.33. The number of halogens is 1. The quantitative estimate of drug-likeness (QED) is 0.475. The van der Waals surface area contributed by atoms with Gasteiger partial charge in [0.15, 0.2) is 5.90 Å². The highest BCUT2D eigenvalue weighted by Gasteiger charge is 2.24. The Morgan fingerprint density at radius 1 is 1.11 bits per heavy atom. The maximum Gasteiger partial charge on any atom is 0.260 e. The molecule has 11 heteroatoms. The normalized spacial score (nSPS) is 20.7. The van der Waals surface area contributed by atoms with Gasteiger partial charge < -0.3 is 25.4 Å². The van der Waals surface area contributed by atoms with Crippen molar-refractivity contribution in [1.82, 2.24) is 14.8 Å². The minimum atomic E-state index is -0.320. The standard InChI is InChI=1S/C35H43ClN6O4/c1-3-23-21-46-22(2)38-33(23)24-10-11-28(30(36)18-24)29-17-25-7-4-5-9-31(39-27-12-15-45-16-13-27)40-34(25)42(35(29)44)20-32(43)41-14-6-8-26(37)19-41/h7,9-11,17-18,26-27,39H,3-6,8,12-16,19-21,37H2,1-2H3. The van der Waals surface area contributed by atoms with Gasteiger partial charge in [-0.1, -0.05) is 36.7 Å². The maximum atomic E-state index is 14.4. The molecule has 0 bridgehead atoms. The number of rotatable bonds is 7. The summed E-state index contributed by atoms with van der Waals surface area (Å²) in [5.41, 5.74) is 10.2. The van der Waals surface area contributed by atoms with Crippen molar-refractivity contribution in [2.45, 2.75) is 77.4 Å². The first kappa shape index (κ1) is 32.2. The van der Waals surface area contributed by atoms with Gasteiger partial charge in [0.25, 0.3) is 5.56 Å². The molecule has 1 atom stereocenters. The zero-order valence-corrected chi connectivity index (χ0v) is 27.4. The number of pyridine rings is 1. The van der Waals surface area contributed by atoms with Gasteiger partial charge in [-0.2, -0.15) is 0 Å². The van der Waals surface area contributed by atoms with Crippen LogP contribution in [0.25, 0.3) is 22.9 Å². The van der Waals surface area contributed by atoms with E-state index in [9.17, 15) is 9.59 Å². The van der Waals surface area contributed by atoms with E-state index in [4.69, 9.17) is 31.8 Å². The van der Waals surface area contributed by atoms with E-state index in [2.05, 4.69) is 29.4 Å². The number of hydrogen-bond donors (Lipinski definition) is 2. The average molecular weight is 647 g/mol. The number of allylic oxidation sites excluding steroid dienone is 1. The second kappa shape index (κ2) is 14.4. The summed E-state index contributed by atoms with van der Waals surface area (Å²) in [4.78, 5) is 39.5. The number of nitrogens with zero attached hydrogens (tertiary/aromatic N) is 4. The molecule has 46 heavy (non-hydrogen) atoms. The number of piperidine rings is 1. The molecule has 4 aliphatic rings. The number of hydrogen-bond acceptors (Lipinski definition) is 8. The first-order chi connectivity index (χ1) is 22.3. The van der Waals surface area contributed by atoms with Crippen molar-refractivity contribution in [3.63, 3.8) is 0 Å². The third kappa shape index (κ3) is 7.14. The smallest absolute Gasteiger partial charge is 0.260 e. The van der Waals surface area contributed by atoms with Crippen LogP contribution in [0.15, 0.2) is 56.5 Å². The summed E-state index contributed by atoms with van der Waals surface area (Å²) in [5.74, 6) is 1.17. The first-order valence-electron chi connectivity index (χ1n) is 16.4. The number of carbonyl (C=O) groups excluding carboxylic acids is 1. The number of amides is 1. The molecule has 0 radical (unpaired) electrons. The predicted molar refractivity (Wildman–Crippen MR) is 181 cm³/mol. The zero-order chi connectivity index (χ0) is 32.2. The molecule has 0 aliphatic carbocycles. The highest BCUT2D eigenvalue weighted by Crippen LogP contribution is 2.32. The number of fused-ring (bicyclic) bond motifs is 1.